The zero-order chi connectivity index (χ0) is 14.6. The Hall–Kier alpha value is -1.03. The molecule has 0 aliphatic carbocycles. The summed E-state index contributed by atoms with van der Waals surface area (Å²) in [7, 11) is 0. The number of anilines is 1. The van der Waals surface area contributed by atoms with E-state index in [1.54, 1.807) is 0 Å². The van der Waals surface area contributed by atoms with Gasteiger partial charge in [0, 0.05) is 15.2 Å². The van der Waals surface area contributed by atoms with E-state index in [1.807, 2.05) is 48.5 Å². The molecular weight excluding hydrogens is 338 g/mol. The zero-order valence-electron chi connectivity index (χ0n) is 11.2. The number of hydrogen-bond donors (Lipinski definition) is 2. The largest absolute Gasteiger partial charge is 0.394 e. The van der Waals surface area contributed by atoms with Crippen LogP contribution in [0.3, 0.4) is 0 Å². The van der Waals surface area contributed by atoms with Crippen LogP contribution in [-0.4, -0.2) is 11.7 Å². The molecule has 0 radical (unpaired) electrons. The minimum atomic E-state index is -0.519. The van der Waals surface area contributed by atoms with Gasteiger partial charge in [0.25, 0.3) is 0 Å². The fourth-order valence-corrected chi connectivity index (χ4v) is 2.71. The lowest BCUT2D eigenvalue weighted by Crippen LogP contribution is -2.38. The summed E-state index contributed by atoms with van der Waals surface area (Å²) < 4.78 is 0.972. The first-order valence-electron chi connectivity index (χ1n) is 6.51. The highest BCUT2D eigenvalue weighted by atomic mass is 79.9. The molecule has 0 spiro atoms. The summed E-state index contributed by atoms with van der Waals surface area (Å²) in [5, 5.41) is 14.1. The van der Waals surface area contributed by atoms with Crippen LogP contribution in [0.5, 0.6) is 0 Å². The highest BCUT2D eigenvalue weighted by Crippen LogP contribution is 2.33. The number of halogens is 2. The summed E-state index contributed by atoms with van der Waals surface area (Å²) in [4.78, 5) is 0. The van der Waals surface area contributed by atoms with Crippen LogP contribution in [0.15, 0.2) is 53.0 Å². The molecule has 0 saturated carbocycles. The quantitative estimate of drug-likeness (QED) is 0.807. The van der Waals surface area contributed by atoms with Gasteiger partial charge in [0.05, 0.1) is 12.1 Å². The second kappa shape index (κ2) is 6.61. The van der Waals surface area contributed by atoms with Gasteiger partial charge in [0.1, 0.15) is 0 Å². The molecule has 20 heavy (non-hydrogen) atoms. The van der Waals surface area contributed by atoms with Crippen molar-refractivity contribution in [3.63, 3.8) is 0 Å². The first-order valence-corrected chi connectivity index (χ1v) is 7.68. The van der Waals surface area contributed by atoms with Gasteiger partial charge in [-0.05, 0) is 52.2 Å². The Bertz CT molecular complexity index is 567. The molecule has 0 aromatic heterocycles. The van der Waals surface area contributed by atoms with Crippen molar-refractivity contribution in [2.24, 2.45) is 0 Å². The van der Waals surface area contributed by atoms with Crippen molar-refractivity contribution in [3.8, 4) is 0 Å². The van der Waals surface area contributed by atoms with E-state index in [-0.39, 0.29) is 6.61 Å². The minimum Gasteiger partial charge on any atom is -0.394 e. The van der Waals surface area contributed by atoms with Crippen molar-refractivity contribution >= 4 is 33.2 Å². The summed E-state index contributed by atoms with van der Waals surface area (Å²) in [6.07, 6.45) is 0.756. The molecule has 0 bridgehead atoms. The van der Waals surface area contributed by atoms with Gasteiger partial charge in [-0.15, -0.1) is 0 Å². The van der Waals surface area contributed by atoms with Gasteiger partial charge in [-0.1, -0.05) is 42.8 Å². The smallest absolute Gasteiger partial charge is 0.0854 e. The minimum absolute atomic E-state index is 0.00642. The van der Waals surface area contributed by atoms with E-state index in [0.29, 0.717) is 5.02 Å². The van der Waals surface area contributed by atoms with E-state index < -0.39 is 5.54 Å². The Kier molecular flexibility index (Phi) is 5.08. The van der Waals surface area contributed by atoms with E-state index in [2.05, 4.69) is 28.2 Å². The topological polar surface area (TPSA) is 32.3 Å². The van der Waals surface area contributed by atoms with Crippen LogP contribution in [0.4, 0.5) is 5.69 Å². The number of rotatable bonds is 5. The molecule has 0 fully saturated rings. The second-order valence-electron chi connectivity index (χ2n) is 4.71. The van der Waals surface area contributed by atoms with Crippen LogP contribution >= 0.6 is 27.5 Å². The van der Waals surface area contributed by atoms with Crippen molar-refractivity contribution in [3.05, 3.63) is 63.6 Å². The first kappa shape index (κ1) is 15.4. The SMILES string of the molecule is CCC(CO)(Nc1ccccc1Br)c1ccc(Cl)cc1. The van der Waals surface area contributed by atoms with Crippen molar-refractivity contribution < 1.29 is 5.11 Å². The Balaban J connectivity index is 2.39. The Morgan fingerprint density at radius 1 is 1.15 bits per heavy atom. The van der Waals surface area contributed by atoms with Crippen molar-refractivity contribution in [2.45, 2.75) is 18.9 Å². The predicted molar refractivity (Wildman–Crippen MR) is 88.3 cm³/mol. The number of aliphatic hydroxyl groups is 1. The van der Waals surface area contributed by atoms with Crippen molar-refractivity contribution in [1.29, 1.82) is 0 Å². The normalized spacial score (nSPS) is 13.8. The predicted octanol–water partition coefficient (Wildman–Crippen LogP) is 4.81. The molecule has 2 aromatic rings. The molecule has 0 aliphatic heterocycles. The highest BCUT2D eigenvalue weighted by molar-refractivity contribution is 9.10. The third-order valence-corrected chi connectivity index (χ3v) is 4.46. The molecule has 2 aromatic carbocycles. The summed E-state index contributed by atoms with van der Waals surface area (Å²) in [5.74, 6) is 0. The van der Waals surface area contributed by atoms with Crippen molar-refractivity contribution in [2.75, 3.05) is 11.9 Å². The Labute approximate surface area is 132 Å². The van der Waals surface area contributed by atoms with Crippen LogP contribution in [0.2, 0.25) is 5.02 Å². The average molecular weight is 355 g/mol. The average Bonchev–Trinajstić information content (AvgIpc) is 2.48. The van der Waals surface area contributed by atoms with Crippen molar-refractivity contribution in [1.82, 2.24) is 0 Å². The van der Waals surface area contributed by atoms with Crippen LogP contribution in [0.25, 0.3) is 0 Å². The standard InChI is InChI=1S/C16H17BrClNO/c1-2-16(11-20,12-7-9-13(18)10-8-12)19-15-6-4-3-5-14(15)17/h3-10,19-20H,2,11H2,1H3. The van der Waals surface area contributed by atoms with Gasteiger partial charge in [-0.3, -0.25) is 0 Å². The van der Waals surface area contributed by atoms with Gasteiger partial charge in [0.2, 0.25) is 0 Å². The summed E-state index contributed by atoms with van der Waals surface area (Å²) >= 11 is 9.47. The van der Waals surface area contributed by atoms with Crippen LogP contribution in [0.1, 0.15) is 18.9 Å². The molecular formula is C16H17BrClNO. The van der Waals surface area contributed by atoms with E-state index >= 15 is 0 Å². The van der Waals surface area contributed by atoms with Crippen LogP contribution < -0.4 is 5.32 Å². The van der Waals surface area contributed by atoms with Gasteiger partial charge in [-0.2, -0.15) is 0 Å². The maximum absolute atomic E-state index is 9.94. The fraction of sp³-hybridized carbons (Fsp3) is 0.250. The Morgan fingerprint density at radius 3 is 2.35 bits per heavy atom. The van der Waals surface area contributed by atoms with Gasteiger partial charge in [-0.25, -0.2) is 0 Å². The fourth-order valence-electron chi connectivity index (χ4n) is 2.20. The molecule has 4 heteroatoms. The molecule has 2 N–H and O–H groups in total. The number of para-hydroxylation sites is 1. The lowest BCUT2D eigenvalue weighted by atomic mass is 9.87. The molecule has 0 aliphatic rings. The summed E-state index contributed by atoms with van der Waals surface area (Å²) in [6.45, 7) is 2.06. The van der Waals surface area contributed by atoms with Gasteiger partial charge >= 0.3 is 0 Å². The van der Waals surface area contributed by atoms with E-state index in [4.69, 9.17) is 11.6 Å². The van der Waals surface area contributed by atoms with E-state index in [9.17, 15) is 5.11 Å². The third-order valence-electron chi connectivity index (χ3n) is 3.52. The Morgan fingerprint density at radius 2 is 1.80 bits per heavy atom. The maximum Gasteiger partial charge on any atom is 0.0854 e. The highest BCUT2D eigenvalue weighted by Gasteiger charge is 2.30. The van der Waals surface area contributed by atoms with Crippen LogP contribution in [-0.2, 0) is 5.54 Å². The lowest BCUT2D eigenvalue weighted by molar-refractivity contribution is 0.207. The number of hydrogen-bond acceptors (Lipinski definition) is 2. The van der Waals surface area contributed by atoms with Crippen LogP contribution in [0, 0.1) is 0 Å². The maximum atomic E-state index is 9.94. The molecule has 0 saturated heterocycles. The lowest BCUT2D eigenvalue weighted by Gasteiger charge is -2.34. The number of benzene rings is 2. The molecule has 106 valence electrons. The monoisotopic (exact) mass is 353 g/mol. The van der Waals surface area contributed by atoms with Gasteiger partial charge in [0.15, 0.2) is 0 Å². The zero-order valence-corrected chi connectivity index (χ0v) is 13.6. The molecule has 2 nitrogen and oxygen atoms in total. The summed E-state index contributed by atoms with van der Waals surface area (Å²) in [5.41, 5.74) is 1.45. The summed E-state index contributed by atoms with van der Waals surface area (Å²) in [6, 6.07) is 15.5. The van der Waals surface area contributed by atoms with E-state index in [0.717, 1.165) is 22.1 Å². The second-order valence-corrected chi connectivity index (χ2v) is 6.00. The molecule has 0 amide bonds. The molecule has 0 heterocycles. The molecule has 2 rings (SSSR count). The number of aliphatic hydroxyl groups excluding tert-OH is 1. The molecule has 1 atom stereocenters. The van der Waals surface area contributed by atoms with Gasteiger partial charge < -0.3 is 10.4 Å². The third kappa shape index (κ3) is 3.17. The van der Waals surface area contributed by atoms with E-state index in [1.165, 1.54) is 0 Å². The molecule has 1 unspecified atom stereocenters. The number of nitrogens with one attached hydrogen (secondary N) is 1. The first-order chi connectivity index (χ1) is 9.61.